The van der Waals surface area contributed by atoms with Crippen LogP contribution in [0.1, 0.15) is 30.2 Å². The van der Waals surface area contributed by atoms with Gasteiger partial charge in [0, 0.05) is 36.9 Å². The maximum absolute atomic E-state index is 11.0. The van der Waals surface area contributed by atoms with Crippen molar-refractivity contribution < 1.29 is 29.6 Å². The van der Waals surface area contributed by atoms with Crippen LogP contribution in [0.4, 0.5) is 0 Å². The third-order valence-electron chi connectivity index (χ3n) is 6.54. The van der Waals surface area contributed by atoms with E-state index in [1.165, 1.54) is 0 Å². The first-order chi connectivity index (χ1) is 18.3. The van der Waals surface area contributed by atoms with Gasteiger partial charge < -0.3 is 30.3 Å². The molecule has 38 heavy (non-hydrogen) atoms. The fourth-order valence-electron chi connectivity index (χ4n) is 4.55. The van der Waals surface area contributed by atoms with Crippen molar-refractivity contribution in [2.24, 2.45) is 0 Å². The molecule has 11 heteroatoms. The van der Waals surface area contributed by atoms with Gasteiger partial charge in [-0.3, -0.25) is 4.98 Å². The minimum Gasteiger partial charge on any atom is -0.497 e. The summed E-state index contributed by atoms with van der Waals surface area (Å²) in [4.78, 5) is 25.0. The molecule has 11 nitrogen and oxygen atoms in total. The van der Waals surface area contributed by atoms with E-state index in [9.17, 15) is 5.11 Å². The van der Waals surface area contributed by atoms with Crippen molar-refractivity contribution in [1.29, 1.82) is 0 Å². The van der Waals surface area contributed by atoms with Gasteiger partial charge in [0.15, 0.2) is 0 Å². The molecule has 4 heterocycles. The van der Waals surface area contributed by atoms with Crippen LogP contribution in [0.15, 0.2) is 60.9 Å². The lowest BCUT2D eigenvalue weighted by molar-refractivity contribution is -0.159. The summed E-state index contributed by atoms with van der Waals surface area (Å²) in [6, 6.07) is 16.4. The number of piperidine rings is 1. The molecule has 1 aliphatic rings. The molecule has 3 aromatic heterocycles. The number of ether oxygens (including phenoxy) is 1. The van der Waals surface area contributed by atoms with Crippen LogP contribution in [0.3, 0.4) is 0 Å². The molecule has 5 rings (SSSR count). The minimum absolute atomic E-state index is 0.472. The zero-order valence-electron chi connectivity index (χ0n) is 21.0. The number of carboxylic acid groups (broad SMARTS) is 2. The molecular weight excluding hydrogens is 490 g/mol. The van der Waals surface area contributed by atoms with Crippen LogP contribution in [-0.2, 0) is 16.1 Å². The number of nitrogens with one attached hydrogen (secondary N) is 1. The number of hydrogen-bond donors (Lipinski definition) is 4. The quantitative estimate of drug-likeness (QED) is 0.267. The monoisotopic (exact) mass is 521 g/mol. The Bertz CT molecular complexity index is 1350. The number of aromatic nitrogens is 3. The Morgan fingerprint density at radius 1 is 1.11 bits per heavy atom. The minimum atomic E-state index is -1.82. The number of methoxy groups -OCH3 is 1. The SMILES string of the molecule is COc1ccc2nccc([C@@H](O)CN3CCC(NCc4cc5ccccn5n4)CC3)c2c1.O=C(O)C(=O)O. The summed E-state index contributed by atoms with van der Waals surface area (Å²) in [5.41, 5.74) is 3.96. The molecule has 1 atom stereocenters. The van der Waals surface area contributed by atoms with Gasteiger partial charge in [0.25, 0.3) is 0 Å². The number of β-amino-alcohol motifs (C(OH)–C–C–N with tert-alkyl or cyclic N) is 1. The maximum atomic E-state index is 11.0. The van der Waals surface area contributed by atoms with Crippen molar-refractivity contribution in [1.82, 2.24) is 24.8 Å². The number of fused-ring (bicyclic) bond motifs is 2. The third-order valence-corrected chi connectivity index (χ3v) is 6.54. The summed E-state index contributed by atoms with van der Waals surface area (Å²) in [7, 11) is 1.65. The first-order valence-corrected chi connectivity index (χ1v) is 12.3. The van der Waals surface area contributed by atoms with Crippen LogP contribution in [0.25, 0.3) is 16.4 Å². The molecule has 0 spiro atoms. The summed E-state index contributed by atoms with van der Waals surface area (Å²) in [5, 5.41) is 35.0. The van der Waals surface area contributed by atoms with Gasteiger partial charge in [0.05, 0.1) is 29.9 Å². The average molecular weight is 522 g/mol. The van der Waals surface area contributed by atoms with E-state index in [0.717, 1.165) is 65.9 Å². The number of aliphatic carboxylic acids is 2. The van der Waals surface area contributed by atoms with E-state index in [-0.39, 0.29) is 0 Å². The number of benzene rings is 1. The van der Waals surface area contributed by atoms with Gasteiger partial charge in [-0.25, -0.2) is 14.1 Å². The molecule has 0 bridgehead atoms. The highest BCUT2D eigenvalue weighted by Gasteiger charge is 2.22. The predicted molar refractivity (Wildman–Crippen MR) is 140 cm³/mol. The standard InChI is InChI=1S/C25H29N5O2.C2H2O4/c1-32-21-5-6-24-23(15-21)22(7-10-26-24)25(31)17-29-12-8-18(9-13-29)27-16-19-14-20-4-2-3-11-30(20)28-19;3-1(4)2(5)6/h2-7,10-11,14-15,18,25,27,31H,8-9,12-13,16-17H2,1H3;(H,3,4)(H,5,6)/t25-;/m0./s1. The zero-order chi connectivity index (χ0) is 27.1. The van der Waals surface area contributed by atoms with Gasteiger partial charge >= 0.3 is 11.9 Å². The number of carbonyl (C=O) groups is 2. The highest BCUT2D eigenvalue weighted by molar-refractivity contribution is 6.27. The van der Waals surface area contributed by atoms with Crippen LogP contribution in [0.2, 0.25) is 0 Å². The fourth-order valence-corrected chi connectivity index (χ4v) is 4.55. The van der Waals surface area contributed by atoms with Crippen LogP contribution < -0.4 is 10.1 Å². The Kier molecular flexibility index (Phi) is 8.85. The van der Waals surface area contributed by atoms with Gasteiger partial charge in [0.1, 0.15) is 5.75 Å². The van der Waals surface area contributed by atoms with E-state index in [2.05, 4.69) is 32.4 Å². The lowest BCUT2D eigenvalue weighted by atomic mass is 10.0. The second-order valence-electron chi connectivity index (χ2n) is 9.07. The van der Waals surface area contributed by atoms with Crippen molar-refractivity contribution in [3.05, 3.63) is 72.2 Å². The number of carboxylic acids is 2. The van der Waals surface area contributed by atoms with Gasteiger partial charge in [-0.1, -0.05) is 6.07 Å². The van der Waals surface area contributed by atoms with Gasteiger partial charge in [-0.15, -0.1) is 0 Å². The number of likely N-dealkylation sites (tertiary alicyclic amines) is 1. The van der Waals surface area contributed by atoms with Crippen molar-refractivity contribution in [2.45, 2.75) is 31.5 Å². The largest absolute Gasteiger partial charge is 0.497 e. The molecule has 1 aromatic carbocycles. The molecule has 0 saturated carbocycles. The first-order valence-electron chi connectivity index (χ1n) is 12.3. The number of hydrogen-bond acceptors (Lipinski definition) is 8. The first kappa shape index (κ1) is 27.0. The Morgan fingerprint density at radius 2 is 1.87 bits per heavy atom. The maximum Gasteiger partial charge on any atom is 0.414 e. The fraction of sp³-hybridized carbons (Fsp3) is 0.333. The third kappa shape index (κ3) is 6.82. The molecule has 1 fully saturated rings. The summed E-state index contributed by atoms with van der Waals surface area (Å²) in [6.45, 7) is 3.33. The Morgan fingerprint density at radius 3 is 2.55 bits per heavy atom. The highest BCUT2D eigenvalue weighted by atomic mass is 16.5. The number of nitrogens with zero attached hydrogens (tertiary/aromatic N) is 4. The van der Waals surface area contributed by atoms with Crippen LogP contribution in [-0.4, -0.2) is 79.5 Å². The lowest BCUT2D eigenvalue weighted by Gasteiger charge is -2.33. The number of aliphatic hydroxyl groups excluding tert-OH is 1. The highest BCUT2D eigenvalue weighted by Crippen LogP contribution is 2.27. The normalized spacial score (nSPS) is 15.1. The van der Waals surface area contributed by atoms with Gasteiger partial charge in [-0.05, 0) is 74.0 Å². The van der Waals surface area contributed by atoms with E-state index < -0.39 is 18.0 Å². The predicted octanol–water partition coefficient (Wildman–Crippen LogP) is 2.33. The molecule has 1 aliphatic heterocycles. The van der Waals surface area contributed by atoms with E-state index in [1.807, 2.05) is 47.1 Å². The molecule has 0 amide bonds. The van der Waals surface area contributed by atoms with Crippen LogP contribution >= 0.6 is 0 Å². The number of rotatable bonds is 7. The van der Waals surface area contributed by atoms with Crippen molar-refractivity contribution in [3.63, 3.8) is 0 Å². The zero-order valence-corrected chi connectivity index (χ0v) is 21.0. The lowest BCUT2D eigenvalue weighted by Crippen LogP contribution is -2.43. The molecule has 0 unspecified atom stereocenters. The van der Waals surface area contributed by atoms with Gasteiger partial charge in [0.2, 0.25) is 0 Å². The second-order valence-corrected chi connectivity index (χ2v) is 9.07. The smallest absolute Gasteiger partial charge is 0.414 e. The summed E-state index contributed by atoms with van der Waals surface area (Å²) >= 11 is 0. The van der Waals surface area contributed by atoms with Gasteiger partial charge in [-0.2, -0.15) is 5.10 Å². The number of aliphatic hydroxyl groups is 1. The van der Waals surface area contributed by atoms with Crippen molar-refractivity contribution in [2.75, 3.05) is 26.7 Å². The van der Waals surface area contributed by atoms with Crippen LogP contribution in [0.5, 0.6) is 5.75 Å². The Balaban J connectivity index is 0.000000505. The Hall–Kier alpha value is -4.06. The topological polar surface area (TPSA) is 150 Å². The van der Waals surface area contributed by atoms with E-state index in [1.54, 1.807) is 13.3 Å². The van der Waals surface area contributed by atoms with E-state index >= 15 is 0 Å². The van der Waals surface area contributed by atoms with Crippen molar-refractivity contribution >= 4 is 28.4 Å². The molecular formula is C27H31N5O6. The van der Waals surface area contributed by atoms with Crippen LogP contribution in [0, 0.1) is 0 Å². The molecule has 0 aliphatic carbocycles. The summed E-state index contributed by atoms with van der Waals surface area (Å²) in [6.07, 6.45) is 5.30. The number of pyridine rings is 2. The molecule has 4 N–H and O–H groups in total. The average Bonchev–Trinajstić information content (AvgIpc) is 3.35. The van der Waals surface area contributed by atoms with Crippen molar-refractivity contribution in [3.8, 4) is 5.75 Å². The second kappa shape index (κ2) is 12.5. The molecule has 200 valence electrons. The summed E-state index contributed by atoms with van der Waals surface area (Å²) < 4.78 is 7.27. The molecule has 0 radical (unpaired) electrons. The van der Waals surface area contributed by atoms with E-state index in [4.69, 9.17) is 24.5 Å². The molecule has 1 saturated heterocycles. The molecule has 4 aromatic rings. The summed E-state index contributed by atoms with van der Waals surface area (Å²) in [5.74, 6) is -2.87. The van der Waals surface area contributed by atoms with E-state index in [0.29, 0.717) is 12.6 Å². The Labute approximate surface area is 219 Å².